The molecular weight excluding hydrogens is 378 g/mol. The zero-order chi connectivity index (χ0) is 19.1. The average molecular weight is 404 g/mol. The van der Waals surface area contributed by atoms with Crippen LogP contribution >= 0.6 is 23.5 Å². The molecule has 6 heteroatoms. The summed E-state index contributed by atoms with van der Waals surface area (Å²) in [6.07, 6.45) is 1.28. The van der Waals surface area contributed by atoms with Gasteiger partial charge in [-0.1, -0.05) is 12.1 Å². The molecule has 2 aromatic carbocycles. The Balaban J connectivity index is 1.48. The summed E-state index contributed by atoms with van der Waals surface area (Å²) in [6, 6.07) is 15.5. The maximum absolute atomic E-state index is 12.6. The number of carbonyl (C=O) groups is 1. The van der Waals surface area contributed by atoms with E-state index < -0.39 is 0 Å². The number of ether oxygens (including phenoxy) is 2. The van der Waals surface area contributed by atoms with E-state index in [0.29, 0.717) is 17.7 Å². The SMILES string of the molecule is COc1ccc(OCCN(C)C(=O)c2ccc(C3SCCCS3)cc2)cc1. The molecule has 1 saturated heterocycles. The van der Waals surface area contributed by atoms with Gasteiger partial charge in [0.15, 0.2) is 0 Å². The number of thioether (sulfide) groups is 2. The van der Waals surface area contributed by atoms with E-state index in [-0.39, 0.29) is 5.91 Å². The second-order valence-corrected chi connectivity index (χ2v) is 9.02. The first kappa shape index (κ1) is 20.0. The molecule has 27 heavy (non-hydrogen) atoms. The fourth-order valence-electron chi connectivity index (χ4n) is 2.76. The van der Waals surface area contributed by atoms with Crippen LogP contribution in [0.15, 0.2) is 48.5 Å². The van der Waals surface area contributed by atoms with Gasteiger partial charge in [-0.25, -0.2) is 0 Å². The zero-order valence-corrected chi connectivity index (χ0v) is 17.4. The molecule has 1 fully saturated rings. The van der Waals surface area contributed by atoms with Gasteiger partial charge in [-0.05, 0) is 59.9 Å². The van der Waals surface area contributed by atoms with Crippen LogP contribution in [-0.2, 0) is 0 Å². The average Bonchev–Trinajstić information content (AvgIpc) is 2.74. The Kier molecular flexibility index (Phi) is 7.35. The lowest BCUT2D eigenvalue weighted by molar-refractivity contribution is 0.0774. The highest BCUT2D eigenvalue weighted by Gasteiger charge is 2.17. The first-order chi connectivity index (χ1) is 13.2. The van der Waals surface area contributed by atoms with Crippen molar-refractivity contribution < 1.29 is 14.3 Å². The largest absolute Gasteiger partial charge is 0.497 e. The number of nitrogens with zero attached hydrogens (tertiary/aromatic N) is 1. The third-order valence-corrected chi connectivity index (χ3v) is 7.37. The predicted molar refractivity (Wildman–Crippen MR) is 114 cm³/mol. The van der Waals surface area contributed by atoms with Crippen LogP contribution in [0.4, 0.5) is 0 Å². The molecule has 0 bridgehead atoms. The minimum absolute atomic E-state index is 0.0174. The number of hydrogen-bond acceptors (Lipinski definition) is 5. The molecule has 0 spiro atoms. The van der Waals surface area contributed by atoms with Crippen molar-refractivity contribution in [3.05, 3.63) is 59.7 Å². The topological polar surface area (TPSA) is 38.8 Å². The summed E-state index contributed by atoms with van der Waals surface area (Å²) < 4.78 is 11.3. The summed E-state index contributed by atoms with van der Waals surface area (Å²) in [5.41, 5.74) is 2.02. The normalized spacial score (nSPS) is 14.6. The Hall–Kier alpha value is -1.79. The summed E-state index contributed by atoms with van der Waals surface area (Å²) in [5, 5.41) is 0. The zero-order valence-electron chi connectivity index (χ0n) is 15.7. The Bertz CT molecular complexity index is 728. The maximum Gasteiger partial charge on any atom is 0.253 e. The van der Waals surface area contributed by atoms with Gasteiger partial charge in [-0.3, -0.25) is 4.79 Å². The van der Waals surface area contributed by atoms with E-state index in [1.807, 2.05) is 59.9 Å². The van der Waals surface area contributed by atoms with Crippen LogP contribution in [0.2, 0.25) is 0 Å². The minimum Gasteiger partial charge on any atom is -0.497 e. The van der Waals surface area contributed by atoms with Gasteiger partial charge in [0, 0.05) is 12.6 Å². The van der Waals surface area contributed by atoms with Crippen LogP contribution in [0.5, 0.6) is 11.5 Å². The number of benzene rings is 2. The summed E-state index contributed by atoms with van der Waals surface area (Å²) in [5.74, 6) is 4.01. The molecule has 0 aliphatic carbocycles. The Labute approximate surface area is 169 Å². The Morgan fingerprint density at radius 1 is 1.04 bits per heavy atom. The molecule has 0 unspecified atom stereocenters. The van der Waals surface area contributed by atoms with E-state index in [0.717, 1.165) is 17.1 Å². The number of rotatable bonds is 7. The van der Waals surface area contributed by atoms with E-state index >= 15 is 0 Å². The van der Waals surface area contributed by atoms with Gasteiger partial charge < -0.3 is 14.4 Å². The molecular formula is C21H25NO3S2. The molecule has 1 aliphatic rings. The molecule has 0 radical (unpaired) electrons. The van der Waals surface area contributed by atoms with Gasteiger partial charge in [-0.15, -0.1) is 23.5 Å². The van der Waals surface area contributed by atoms with Crippen LogP contribution in [-0.4, -0.2) is 49.6 Å². The van der Waals surface area contributed by atoms with Gasteiger partial charge in [0.05, 0.1) is 18.2 Å². The van der Waals surface area contributed by atoms with Crippen molar-refractivity contribution in [2.24, 2.45) is 0 Å². The van der Waals surface area contributed by atoms with E-state index in [4.69, 9.17) is 9.47 Å². The third kappa shape index (κ3) is 5.59. The van der Waals surface area contributed by atoms with Gasteiger partial charge in [0.2, 0.25) is 0 Å². The van der Waals surface area contributed by atoms with Crippen LogP contribution < -0.4 is 9.47 Å². The molecule has 4 nitrogen and oxygen atoms in total. The Morgan fingerprint density at radius 3 is 2.30 bits per heavy atom. The fourth-order valence-corrected chi connectivity index (χ4v) is 5.65. The lowest BCUT2D eigenvalue weighted by Crippen LogP contribution is -2.30. The number of likely N-dealkylation sites (N-methyl/N-ethyl adjacent to an activating group) is 1. The molecule has 0 N–H and O–H groups in total. The minimum atomic E-state index is 0.0174. The molecule has 1 heterocycles. The number of amides is 1. The highest BCUT2D eigenvalue weighted by molar-refractivity contribution is 8.16. The predicted octanol–water partition coefficient (Wildman–Crippen LogP) is 4.71. The molecule has 1 amide bonds. The van der Waals surface area contributed by atoms with Crippen molar-refractivity contribution in [3.8, 4) is 11.5 Å². The number of methoxy groups -OCH3 is 1. The van der Waals surface area contributed by atoms with Crippen molar-refractivity contribution in [2.45, 2.75) is 11.0 Å². The molecule has 0 aromatic heterocycles. The van der Waals surface area contributed by atoms with Crippen LogP contribution in [0.3, 0.4) is 0 Å². The van der Waals surface area contributed by atoms with Crippen molar-refractivity contribution in [1.82, 2.24) is 4.90 Å². The van der Waals surface area contributed by atoms with Crippen molar-refractivity contribution >= 4 is 29.4 Å². The summed E-state index contributed by atoms with van der Waals surface area (Å²) in [6.45, 7) is 0.975. The first-order valence-corrected chi connectivity index (χ1v) is 11.1. The standard InChI is InChI=1S/C21H25NO3S2/c1-22(12-13-25-19-10-8-18(24-2)9-11-19)20(23)16-4-6-17(7-5-16)21-26-14-3-15-27-21/h4-11,21H,3,12-15H2,1-2H3. The van der Waals surface area contributed by atoms with Crippen molar-refractivity contribution in [1.29, 1.82) is 0 Å². The summed E-state index contributed by atoms with van der Waals surface area (Å²) >= 11 is 3.98. The molecule has 3 rings (SSSR count). The van der Waals surface area contributed by atoms with E-state index in [1.54, 1.807) is 19.1 Å². The van der Waals surface area contributed by atoms with E-state index in [1.165, 1.54) is 23.5 Å². The van der Waals surface area contributed by atoms with Crippen molar-refractivity contribution in [3.63, 3.8) is 0 Å². The molecule has 0 saturated carbocycles. The summed E-state index contributed by atoms with van der Waals surface area (Å²) in [4.78, 5) is 14.3. The quantitative estimate of drug-likeness (QED) is 0.669. The summed E-state index contributed by atoms with van der Waals surface area (Å²) in [7, 11) is 3.44. The van der Waals surface area contributed by atoms with Gasteiger partial charge in [0.25, 0.3) is 5.91 Å². The second kappa shape index (κ2) is 9.95. The lowest BCUT2D eigenvalue weighted by Gasteiger charge is -2.22. The molecule has 2 aromatic rings. The van der Waals surface area contributed by atoms with Gasteiger partial charge in [0.1, 0.15) is 18.1 Å². The van der Waals surface area contributed by atoms with Crippen molar-refractivity contribution in [2.75, 3.05) is 38.8 Å². The second-order valence-electron chi connectivity index (χ2n) is 6.30. The molecule has 0 atom stereocenters. The highest BCUT2D eigenvalue weighted by Crippen LogP contribution is 2.43. The molecule has 1 aliphatic heterocycles. The van der Waals surface area contributed by atoms with E-state index in [2.05, 4.69) is 12.1 Å². The number of carbonyl (C=O) groups excluding carboxylic acids is 1. The third-order valence-electron chi connectivity index (χ3n) is 4.36. The Morgan fingerprint density at radius 2 is 1.67 bits per heavy atom. The van der Waals surface area contributed by atoms with Crippen LogP contribution in [0, 0.1) is 0 Å². The van der Waals surface area contributed by atoms with E-state index in [9.17, 15) is 4.79 Å². The lowest BCUT2D eigenvalue weighted by atomic mass is 10.1. The highest BCUT2D eigenvalue weighted by atomic mass is 32.2. The maximum atomic E-state index is 12.6. The van der Waals surface area contributed by atoms with Gasteiger partial charge in [-0.2, -0.15) is 0 Å². The smallest absolute Gasteiger partial charge is 0.253 e. The molecule has 144 valence electrons. The van der Waals surface area contributed by atoms with Crippen LogP contribution in [0.25, 0.3) is 0 Å². The van der Waals surface area contributed by atoms with Gasteiger partial charge >= 0.3 is 0 Å². The monoisotopic (exact) mass is 403 g/mol. The number of hydrogen-bond donors (Lipinski definition) is 0. The van der Waals surface area contributed by atoms with Crippen LogP contribution in [0.1, 0.15) is 26.9 Å². The first-order valence-electron chi connectivity index (χ1n) is 9.03. The fraction of sp³-hybridized carbons (Fsp3) is 0.381.